The summed E-state index contributed by atoms with van der Waals surface area (Å²) in [6.07, 6.45) is -2.09. The van der Waals surface area contributed by atoms with Gasteiger partial charge in [-0.05, 0) is 61.4 Å². The Kier molecular flexibility index (Phi) is 10.1. The minimum absolute atomic E-state index is 0.281. The van der Waals surface area contributed by atoms with E-state index in [1.54, 1.807) is 24.3 Å². The molecule has 12 heteroatoms. The van der Waals surface area contributed by atoms with Crippen LogP contribution in [0.15, 0.2) is 58.8 Å². The standard InChI is InChI=1S/C22H22BrF7N2O2/c23-13-3-1-2-4-14-33-18-9-5-16(6-10-18)31-32-17-7-11-19(12-8-17)34-15-20(24,25)21(26,27)22(28,29)30/h5-12H,1-4,13-15H2. The maximum absolute atomic E-state index is 13.3. The SMILES string of the molecule is FC(F)(F)C(F)(F)C(F)(F)COc1ccc(N=Nc2ccc(OCCCCCCBr)cc2)cc1. The summed E-state index contributed by atoms with van der Waals surface area (Å²) in [5.74, 6) is -11.3. The third kappa shape index (κ3) is 8.14. The zero-order chi connectivity index (χ0) is 25.2. The molecule has 0 aliphatic rings. The van der Waals surface area contributed by atoms with Gasteiger partial charge in [0.15, 0.2) is 6.61 Å². The number of hydrogen-bond acceptors (Lipinski definition) is 4. The van der Waals surface area contributed by atoms with E-state index >= 15 is 0 Å². The maximum Gasteiger partial charge on any atom is 0.460 e. The fraction of sp³-hybridized carbons (Fsp3) is 0.455. The van der Waals surface area contributed by atoms with Crippen LogP contribution in [-0.2, 0) is 0 Å². The summed E-state index contributed by atoms with van der Waals surface area (Å²) in [4.78, 5) is 0. The minimum Gasteiger partial charge on any atom is -0.494 e. The molecule has 0 amide bonds. The van der Waals surface area contributed by atoms with Crippen LogP contribution in [0.2, 0.25) is 0 Å². The van der Waals surface area contributed by atoms with Crippen LogP contribution < -0.4 is 9.47 Å². The third-order valence-electron chi connectivity index (χ3n) is 4.49. The van der Waals surface area contributed by atoms with Gasteiger partial charge in [0.2, 0.25) is 0 Å². The molecule has 0 radical (unpaired) electrons. The highest BCUT2D eigenvalue weighted by molar-refractivity contribution is 9.09. The first kappa shape index (κ1) is 27.9. The Morgan fingerprint density at radius 2 is 1.12 bits per heavy atom. The summed E-state index contributed by atoms with van der Waals surface area (Å²) in [5, 5.41) is 8.94. The summed E-state index contributed by atoms with van der Waals surface area (Å²) < 4.78 is 98.9. The van der Waals surface area contributed by atoms with Crippen molar-refractivity contribution in [2.75, 3.05) is 18.5 Å². The van der Waals surface area contributed by atoms with Gasteiger partial charge in [0.05, 0.1) is 18.0 Å². The van der Waals surface area contributed by atoms with Crippen molar-refractivity contribution in [3.63, 3.8) is 0 Å². The van der Waals surface area contributed by atoms with Crippen LogP contribution in [0.25, 0.3) is 0 Å². The average Bonchev–Trinajstić information content (AvgIpc) is 2.79. The number of alkyl halides is 8. The summed E-state index contributed by atoms with van der Waals surface area (Å²) in [7, 11) is 0. The molecule has 2 rings (SSSR count). The molecule has 34 heavy (non-hydrogen) atoms. The molecule has 0 aliphatic carbocycles. The van der Waals surface area contributed by atoms with Crippen LogP contribution in [0.5, 0.6) is 11.5 Å². The van der Waals surface area contributed by atoms with Gasteiger partial charge < -0.3 is 9.47 Å². The first-order valence-corrected chi connectivity index (χ1v) is 11.3. The lowest BCUT2D eigenvalue weighted by molar-refractivity contribution is -0.358. The van der Waals surface area contributed by atoms with Gasteiger partial charge >= 0.3 is 18.0 Å². The molecule has 0 spiro atoms. The molecule has 0 saturated carbocycles. The van der Waals surface area contributed by atoms with Crippen molar-refractivity contribution in [1.29, 1.82) is 0 Å². The number of ether oxygens (including phenoxy) is 2. The molecule has 0 saturated heterocycles. The second kappa shape index (κ2) is 12.4. The fourth-order valence-electron chi connectivity index (χ4n) is 2.55. The van der Waals surface area contributed by atoms with Crippen molar-refractivity contribution >= 4 is 27.3 Å². The van der Waals surface area contributed by atoms with Crippen LogP contribution in [0.3, 0.4) is 0 Å². The van der Waals surface area contributed by atoms with Gasteiger partial charge in [-0.3, -0.25) is 0 Å². The summed E-state index contributed by atoms with van der Waals surface area (Å²) in [6, 6.07) is 11.6. The molecule has 188 valence electrons. The Hall–Kier alpha value is -2.37. The van der Waals surface area contributed by atoms with Crippen molar-refractivity contribution in [2.24, 2.45) is 10.2 Å². The summed E-state index contributed by atoms with van der Waals surface area (Å²) in [6.45, 7) is -1.54. The molecule has 0 fully saturated rings. The van der Waals surface area contributed by atoms with E-state index in [0.29, 0.717) is 18.0 Å². The second-order valence-electron chi connectivity index (χ2n) is 7.20. The molecule has 0 aliphatic heterocycles. The van der Waals surface area contributed by atoms with E-state index in [1.165, 1.54) is 12.1 Å². The van der Waals surface area contributed by atoms with Gasteiger partial charge in [0.1, 0.15) is 11.5 Å². The molecule has 0 atom stereocenters. The fourth-order valence-corrected chi connectivity index (χ4v) is 2.94. The predicted molar refractivity (Wildman–Crippen MR) is 116 cm³/mol. The number of nitrogens with zero attached hydrogens (tertiary/aromatic N) is 2. The molecule has 0 N–H and O–H groups in total. The van der Waals surface area contributed by atoms with E-state index in [9.17, 15) is 30.7 Å². The maximum atomic E-state index is 13.3. The van der Waals surface area contributed by atoms with E-state index < -0.39 is 24.6 Å². The lowest BCUT2D eigenvalue weighted by Crippen LogP contribution is -2.54. The molecule has 4 nitrogen and oxygen atoms in total. The van der Waals surface area contributed by atoms with Gasteiger partial charge in [0.25, 0.3) is 0 Å². The van der Waals surface area contributed by atoms with Gasteiger partial charge in [-0.25, -0.2) is 0 Å². The number of halogens is 8. The zero-order valence-electron chi connectivity index (χ0n) is 17.8. The number of rotatable bonds is 13. The van der Waals surface area contributed by atoms with Crippen LogP contribution in [0, 0.1) is 0 Å². The molecular formula is C22H22BrF7N2O2. The van der Waals surface area contributed by atoms with Crippen LogP contribution in [-0.4, -0.2) is 36.6 Å². The highest BCUT2D eigenvalue weighted by Crippen LogP contribution is 2.46. The van der Waals surface area contributed by atoms with Crippen molar-refractivity contribution in [3.8, 4) is 11.5 Å². The molecular weight excluding hydrogens is 537 g/mol. The first-order valence-electron chi connectivity index (χ1n) is 10.2. The topological polar surface area (TPSA) is 43.2 Å². The molecule has 0 unspecified atom stereocenters. The number of benzene rings is 2. The minimum atomic E-state index is -6.40. The summed E-state index contributed by atoms with van der Waals surface area (Å²) in [5.41, 5.74) is 0.794. The molecule has 0 aromatic heterocycles. The van der Waals surface area contributed by atoms with Gasteiger partial charge in [-0.2, -0.15) is 41.0 Å². The van der Waals surface area contributed by atoms with E-state index in [2.05, 4.69) is 30.9 Å². The summed E-state index contributed by atoms with van der Waals surface area (Å²) >= 11 is 3.38. The normalized spacial score (nSPS) is 12.8. The molecule has 0 heterocycles. The number of azo groups is 1. The van der Waals surface area contributed by atoms with Crippen molar-refractivity contribution < 1.29 is 40.2 Å². The third-order valence-corrected chi connectivity index (χ3v) is 5.05. The smallest absolute Gasteiger partial charge is 0.460 e. The van der Waals surface area contributed by atoms with E-state index in [0.717, 1.165) is 43.1 Å². The van der Waals surface area contributed by atoms with Gasteiger partial charge in [-0.15, -0.1) is 0 Å². The van der Waals surface area contributed by atoms with Gasteiger partial charge in [-0.1, -0.05) is 28.8 Å². The average molecular weight is 559 g/mol. The Bertz CT molecular complexity index is 905. The number of unbranched alkanes of at least 4 members (excludes halogenated alkanes) is 3. The quantitative estimate of drug-likeness (QED) is 0.107. The highest BCUT2D eigenvalue weighted by atomic mass is 79.9. The number of hydrogen-bond donors (Lipinski definition) is 0. The molecule has 2 aromatic carbocycles. The Morgan fingerprint density at radius 3 is 1.59 bits per heavy atom. The predicted octanol–water partition coefficient (Wildman–Crippen LogP) is 8.65. The first-order chi connectivity index (χ1) is 16.0. The highest BCUT2D eigenvalue weighted by Gasteiger charge is 2.73. The largest absolute Gasteiger partial charge is 0.494 e. The van der Waals surface area contributed by atoms with Crippen LogP contribution >= 0.6 is 15.9 Å². The zero-order valence-corrected chi connectivity index (χ0v) is 19.4. The van der Waals surface area contributed by atoms with Crippen LogP contribution in [0.4, 0.5) is 42.1 Å². The van der Waals surface area contributed by atoms with E-state index in [1.807, 2.05) is 0 Å². The van der Waals surface area contributed by atoms with Crippen molar-refractivity contribution in [1.82, 2.24) is 0 Å². The van der Waals surface area contributed by atoms with Crippen molar-refractivity contribution in [3.05, 3.63) is 48.5 Å². The van der Waals surface area contributed by atoms with E-state index in [4.69, 9.17) is 4.74 Å². The van der Waals surface area contributed by atoms with Crippen molar-refractivity contribution in [2.45, 2.75) is 43.7 Å². The van der Waals surface area contributed by atoms with Crippen LogP contribution in [0.1, 0.15) is 25.7 Å². The Labute approximate surface area is 200 Å². The molecule has 0 bridgehead atoms. The Balaban J connectivity index is 1.84. The molecule has 2 aromatic rings. The Morgan fingerprint density at radius 1 is 0.647 bits per heavy atom. The monoisotopic (exact) mass is 558 g/mol. The lowest BCUT2D eigenvalue weighted by atomic mass is 10.2. The second-order valence-corrected chi connectivity index (χ2v) is 8.00. The lowest BCUT2D eigenvalue weighted by Gasteiger charge is -2.27. The van der Waals surface area contributed by atoms with Gasteiger partial charge in [0, 0.05) is 5.33 Å². The van der Waals surface area contributed by atoms with E-state index in [-0.39, 0.29) is 11.4 Å².